The Morgan fingerprint density at radius 2 is 1.90 bits per heavy atom. The van der Waals surface area contributed by atoms with Gasteiger partial charge in [0.2, 0.25) is 0 Å². The van der Waals surface area contributed by atoms with Gasteiger partial charge in [-0.15, -0.1) is 0 Å². The minimum atomic E-state index is -1.62. The molecule has 0 aromatic heterocycles. The van der Waals surface area contributed by atoms with Gasteiger partial charge in [-0.05, 0) is 31.6 Å². The normalized spacial score (nSPS) is 59.5. The maximum Gasteiger partial charge on any atom is 0.181 e. The lowest BCUT2D eigenvalue weighted by Gasteiger charge is -2.76. The molecule has 0 amide bonds. The Morgan fingerprint density at radius 1 is 1.24 bits per heavy atom. The van der Waals surface area contributed by atoms with E-state index in [9.17, 15) is 20.2 Å². The van der Waals surface area contributed by atoms with Crippen molar-refractivity contribution in [3.8, 4) is 0 Å². The molecular formula is C16H25NO4. The first-order valence-electron chi connectivity index (χ1n) is 8.35. The van der Waals surface area contributed by atoms with E-state index in [2.05, 4.69) is 6.92 Å². The van der Waals surface area contributed by atoms with Crippen LogP contribution in [-0.4, -0.2) is 50.5 Å². The van der Waals surface area contributed by atoms with Gasteiger partial charge in [-0.1, -0.05) is 6.92 Å². The molecule has 0 radical (unpaired) electrons. The summed E-state index contributed by atoms with van der Waals surface area (Å²) in [6.45, 7) is 2.94. The summed E-state index contributed by atoms with van der Waals surface area (Å²) < 4.78 is -0.549. The number of ketones is 1. The van der Waals surface area contributed by atoms with Crippen LogP contribution in [0.25, 0.3) is 0 Å². The van der Waals surface area contributed by atoms with Crippen LogP contribution >= 0.6 is 0 Å². The molecule has 2 aliphatic heterocycles. The maximum absolute atomic E-state index is 13.6. The molecule has 21 heavy (non-hydrogen) atoms. The molecule has 4 rings (SSSR count). The predicted octanol–water partition coefficient (Wildman–Crippen LogP) is 1.11. The lowest BCUT2D eigenvalue weighted by Crippen LogP contribution is -2.91. The smallest absolute Gasteiger partial charge is 0.181 e. The molecule has 2 N–H and O–H groups in total. The number of aliphatic hydroxyl groups is 2. The Kier molecular flexibility index (Phi) is 2.61. The highest BCUT2D eigenvalue weighted by molar-refractivity contribution is 5.91. The average molecular weight is 295 g/mol. The quantitative estimate of drug-likeness (QED) is 0.518. The third-order valence-electron chi connectivity index (χ3n) is 7.13. The summed E-state index contributed by atoms with van der Waals surface area (Å²) in [7, 11) is 0. The number of carbonyl (C=O) groups is 1. The number of rotatable bonds is 0. The highest BCUT2D eigenvalue weighted by Gasteiger charge is 2.81. The number of piperidine rings is 2. The topological polar surface area (TPSA) is 80.6 Å². The minimum absolute atomic E-state index is 0.154. The summed E-state index contributed by atoms with van der Waals surface area (Å²) in [5.41, 5.74) is -4.00. The summed E-state index contributed by atoms with van der Waals surface area (Å²) in [5.74, 6) is -0.0690. The van der Waals surface area contributed by atoms with Gasteiger partial charge in [0.05, 0.1) is 13.1 Å². The molecule has 5 nitrogen and oxygen atoms in total. The van der Waals surface area contributed by atoms with Crippen molar-refractivity contribution in [2.75, 3.05) is 13.1 Å². The van der Waals surface area contributed by atoms with Crippen molar-refractivity contribution in [1.29, 1.82) is 0 Å². The standard InChI is InChI=1S/C16H25NO4/c1-11-8-12-9-13(18)15(20)5-3-7-17(21)6-2-4-14(12,19)16(15,17)10-11/h11-12,19-20H,2-10H2,1H3/t11-,12-,14-,15-,16+,17+/m0/s1. The fourth-order valence-electron chi connectivity index (χ4n) is 6.49. The second-order valence-electron chi connectivity index (χ2n) is 8.06. The van der Waals surface area contributed by atoms with E-state index in [1.165, 1.54) is 0 Å². The highest BCUT2D eigenvalue weighted by Crippen LogP contribution is 2.65. The minimum Gasteiger partial charge on any atom is -0.632 e. The van der Waals surface area contributed by atoms with Gasteiger partial charge in [0.25, 0.3) is 0 Å². The van der Waals surface area contributed by atoms with Crippen LogP contribution in [-0.2, 0) is 4.79 Å². The van der Waals surface area contributed by atoms with Gasteiger partial charge in [0.15, 0.2) is 16.9 Å². The second kappa shape index (κ2) is 3.88. The number of hydrogen-bond donors (Lipinski definition) is 2. The van der Waals surface area contributed by atoms with Crippen LogP contribution in [0.4, 0.5) is 0 Å². The zero-order valence-electron chi connectivity index (χ0n) is 12.7. The van der Waals surface area contributed by atoms with Crippen molar-refractivity contribution in [2.45, 2.75) is 68.6 Å². The Morgan fingerprint density at radius 3 is 2.62 bits per heavy atom. The van der Waals surface area contributed by atoms with Gasteiger partial charge in [-0.3, -0.25) is 4.79 Å². The number of hydroxylamine groups is 3. The Hall–Kier alpha value is -0.490. The Balaban J connectivity index is 2.00. The molecule has 0 unspecified atom stereocenters. The van der Waals surface area contributed by atoms with E-state index in [0.717, 1.165) is 6.42 Å². The molecule has 118 valence electrons. The molecule has 2 saturated heterocycles. The van der Waals surface area contributed by atoms with Crippen molar-refractivity contribution in [2.24, 2.45) is 11.8 Å². The second-order valence-corrected chi connectivity index (χ2v) is 8.06. The van der Waals surface area contributed by atoms with E-state index >= 15 is 0 Å². The monoisotopic (exact) mass is 295 g/mol. The van der Waals surface area contributed by atoms with Crippen molar-refractivity contribution < 1.29 is 19.7 Å². The molecule has 0 aromatic carbocycles. The van der Waals surface area contributed by atoms with E-state index in [0.29, 0.717) is 45.2 Å². The first-order chi connectivity index (χ1) is 9.79. The number of quaternary nitrogens is 1. The molecule has 6 atom stereocenters. The van der Waals surface area contributed by atoms with Crippen LogP contribution in [0.2, 0.25) is 0 Å². The first kappa shape index (κ1) is 14.1. The zero-order valence-corrected chi connectivity index (χ0v) is 12.7. The molecular weight excluding hydrogens is 270 g/mol. The van der Waals surface area contributed by atoms with Crippen LogP contribution in [0.5, 0.6) is 0 Å². The Bertz CT molecular complexity index is 507. The molecule has 2 saturated carbocycles. The predicted molar refractivity (Wildman–Crippen MR) is 76.0 cm³/mol. The summed E-state index contributed by atoms with van der Waals surface area (Å²) in [5, 5.41) is 36.4. The fourth-order valence-corrected chi connectivity index (χ4v) is 6.49. The summed E-state index contributed by atoms with van der Waals surface area (Å²) in [6, 6.07) is 0. The molecule has 0 aromatic rings. The summed E-state index contributed by atoms with van der Waals surface area (Å²) in [6.07, 6.45) is 3.67. The van der Waals surface area contributed by atoms with Crippen molar-refractivity contribution in [3.05, 3.63) is 5.21 Å². The van der Waals surface area contributed by atoms with Crippen molar-refractivity contribution in [1.82, 2.24) is 0 Å². The third kappa shape index (κ3) is 1.31. The Labute approximate surface area is 125 Å². The molecule has 1 spiro atoms. The first-order valence-corrected chi connectivity index (χ1v) is 8.35. The number of carbonyl (C=O) groups excluding carboxylic acids is 1. The average Bonchev–Trinajstić information content (AvgIpc) is 2.38. The summed E-state index contributed by atoms with van der Waals surface area (Å²) >= 11 is 0. The molecule has 4 aliphatic rings. The van der Waals surface area contributed by atoms with Gasteiger partial charge in [-0.2, -0.15) is 0 Å². The van der Waals surface area contributed by atoms with Gasteiger partial charge >= 0.3 is 0 Å². The fraction of sp³-hybridized carbons (Fsp3) is 0.938. The molecule has 4 fully saturated rings. The molecule has 5 heteroatoms. The van der Waals surface area contributed by atoms with E-state index in [1.807, 2.05) is 0 Å². The molecule has 2 heterocycles. The maximum atomic E-state index is 13.6. The van der Waals surface area contributed by atoms with Crippen molar-refractivity contribution >= 4 is 5.78 Å². The van der Waals surface area contributed by atoms with Crippen LogP contribution in [0.1, 0.15) is 51.9 Å². The van der Waals surface area contributed by atoms with Crippen LogP contribution in [0.3, 0.4) is 0 Å². The van der Waals surface area contributed by atoms with Crippen LogP contribution < -0.4 is 0 Å². The molecule has 2 aliphatic carbocycles. The number of nitrogens with zero attached hydrogens (tertiary/aromatic N) is 1. The number of hydrogen-bond acceptors (Lipinski definition) is 4. The van der Waals surface area contributed by atoms with E-state index in [1.54, 1.807) is 0 Å². The van der Waals surface area contributed by atoms with E-state index < -0.39 is 21.4 Å². The molecule has 2 bridgehead atoms. The van der Waals surface area contributed by atoms with Crippen LogP contribution in [0, 0.1) is 17.0 Å². The van der Waals surface area contributed by atoms with E-state index in [-0.39, 0.29) is 24.0 Å². The highest BCUT2D eigenvalue weighted by atomic mass is 16.6. The largest absolute Gasteiger partial charge is 0.632 e. The summed E-state index contributed by atoms with van der Waals surface area (Å²) in [4.78, 5) is 12.7. The SMILES string of the molecule is C[C@H]1C[C@H]2CC(=O)[C@@]3(O)CCC[N@+]4([O-])CCC[C@@]2(O)[C@]34C1. The van der Waals surface area contributed by atoms with E-state index in [4.69, 9.17) is 0 Å². The number of Topliss-reactive ketones (excluding diaryl/α,β-unsaturated/α-hetero) is 1. The zero-order chi connectivity index (χ0) is 15.1. The van der Waals surface area contributed by atoms with Crippen LogP contribution in [0.15, 0.2) is 0 Å². The van der Waals surface area contributed by atoms with Gasteiger partial charge in [0.1, 0.15) is 5.60 Å². The van der Waals surface area contributed by atoms with Gasteiger partial charge < -0.3 is 20.1 Å². The van der Waals surface area contributed by atoms with Crippen molar-refractivity contribution in [3.63, 3.8) is 0 Å². The van der Waals surface area contributed by atoms with Gasteiger partial charge in [0, 0.05) is 25.2 Å². The lowest BCUT2D eigenvalue weighted by molar-refractivity contribution is -0.964. The lowest BCUT2D eigenvalue weighted by atomic mass is 9.44. The third-order valence-corrected chi connectivity index (χ3v) is 7.13. The van der Waals surface area contributed by atoms with Gasteiger partial charge in [-0.25, -0.2) is 0 Å².